The second-order valence-corrected chi connectivity index (χ2v) is 6.14. The molecule has 0 aliphatic heterocycles. The number of rotatable bonds is 4. The number of aryl methyl sites for hydroxylation is 3. The molecule has 1 fully saturated rings. The molecule has 0 unspecified atom stereocenters. The molecule has 0 radical (unpaired) electrons. The number of hydrogen-bond acceptors (Lipinski definition) is 1. The average Bonchev–Trinajstić information content (AvgIpc) is 3.17. The predicted octanol–water partition coefficient (Wildman–Crippen LogP) is 3.35. The standard InChI is InChI=1S/C18H22N2O/c1-12-5-4-6-15(9-12)11-20-14(3)10-13(2)17(20)18(21)19-16-7-8-16/h4-6,9-10,16H,7-8,11H2,1-3H3,(H,19,21). The zero-order chi connectivity index (χ0) is 15.0. The van der Waals surface area contributed by atoms with E-state index in [0.717, 1.165) is 36.3 Å². The molecule has 0 spiro atoms. The summed E-state index contributed by atoms with van der Waals surface area (Å²) in [5.74, 6) is 0.0655. The average molecular weight is 282 g/mol. The fourth-order valence-electron chi connectivity index (χ4n) is 2.83. The van der Waals surface area contributed by atoms with Crippen molar-refractivity contribution in [2.45, 2.75) is 46.2 Å². The summed E-state index contributed by atoms with van der Waals surface area (Å²) in [6.45, 7) is 6.92. The number of nitrogens with one attached hydrogen (secondary N) is 1. The van der Waals surface area contributed by atoms with Crippen LogP contribution >= 0.6 is 0 Å². The lowest BCUT2D eigenvalue weighted by Gasteiger charge is -2.13. The van der Waals surface area contributed by atoms with E-state index >= 15 is 0 Å². The largest absolute Gasteiger partial charge is 0.348 e. The van der Waals surface area contributed by atoms with E-state index in [9.17, 15) is 4.79 Å². The van der Waals surface area contributed by atoms with Gasteiger partial charge >= 0.3 is 0 Å². The number of carbonyl (C=O) groups is 1. The van der Waals surface area contributed by atoms with Crippen LogP contribution in [0.25, 0.3) is 0 Å². The van der Waals surface area contributed by atoms with Crippen LogP contribution in [0.4, 0.5) is 0 Å². The Kier molecular flexibility index (Phi) is 3.58. The van der Waals surface area contributed by atoms with Crippen LogP contribution in [0.2, 0.25) is 0 Å². The zero-order valence-corrected chi connectivity index (χ0v) is 12.9. The quantitative estimate of drug-likeness (QED) is 0.916. The van der Waals surface area contributed by atoms with Crippen molar-refractivity contribution in [3.8, 4) is 0 Å². The molecule has 2 aromatic rings. The smallest absolute Gasteiger partial charge is 0.268 e. The SMILES string of the molecule is Cc1cccc(Cn2c(C)cc(C)c2C(=O)NC2CC2)c1. The summed E-state index contributed by atoms with van der Waals surface area (Å²) in [6, 6.07) is 10.9. The molecular formula is C18H22N2O. The molecule has 1 heterocycles. The Morgan fingerprint density at radius 3 is 2.67 bits per heavy atom. The second-order valence-electron chi connectivity index (χ2n) is 6.14. The first-order chi connectivity index (χ1) is 10.0. The Labute approximate surface area is 126 Å². The van der Waals surface area contributed by atoms with Crippen LogP contribution in [0, 0.1) is 20.8 Å². The van der Waals surface area contributed by atoms with E-state index in [0.29, 0.717) is 6.04 Å². The van der Waals surface area contributed by atoms with Gasteiger partial charge in [-0.1, -0.05) is 29.8 Å². The van der Waals surface area contributed by atoms with E-state index in [4.69, 9.17) is 0 Å². The summed E-state index contributed by atoms with van der Waals surface area (Å²) >= 11 is 0. The van der Waals surface area contributed by atoms with Crippen molar-refractivity contribution in [3.05, 3.63) is 58.4 Å². The molecule has 1 N–H and O–H groups in total. The van der Waals surface area contributed by atoms with Gasteiger partial charge in [-0.25, -0.2) is 0 Å². The molecule has 1 aliphatic carbocycles. The fourth-order valence-corrected chi connectivity index (χ4v) is 2.83. The van der Waals surface area contributed by atoms with E-state index in [1.807, 2.05) is 6.92 Å². The van der Waals surface area contributed by atoms with Crippen LogP contribution in [-0.2, 0) is 6.54 Å². The predicted molar refractivity (Wildman–Crippen MR) is 84.7 cm³/mol. The second kappa shape index (κ2) is 5.40. The van der Waals surface area contributed by atoms with Gasteiger partial charge in [0.25, 0.3) is 5.91 Å². The third kappa shape index (κ3) is 3.02. The maximum Gasteiger partial charge on any atom is 0.268 e. The summed E-state index contributed by atoms with van der Waals surface area (Å²) < 4.78 is 2.13. The lowest BCUT2D eigenvalue weighted by Crippen LogP contribution is -2.28. The van der Waals surface area contributed by atoms with Gasteiger partial charge in [-0.3, -0.25) is 4.79 Å². The first-order valence-electron chi connectivity index (χ1n) is 7.58. The van der Waals surface area contributed by atoms with Crippen LogP contribution in [0.5, 0.6) is 0 Å². The van der Waals surface area contributed by atoms with Gasteiger partial charge in [0, 0.05) is 18.3 Å². The molecule has 0 bridgehead atoms. The summed E-state index contributed by atoms with van der Waals surface area (Å²) in [4.78, 5) is 12.5. The number of nitrogens with zero attached hydrogens (tertiary/aromatic N) is 1. The molecule has 3 heteroatoms. The summed E-state index contributed by atoms with van der Waals surface area (Å²) in [6.07, 6.45) is 2.23. The van der Waals surface area contributed by atoms with Gasteiger partial charge in [0.05, 0.1) is 0 Å². The number of benzene rings is 1. The van der Waals surface area contributed by atoms with Crippen molar-refractivity contribution in [2.75, 3.05) is 0 Å². The topological polar surface area (TPSA) is 34.0 Å². The monoisotopic (exact) mass is 282 g/mol. The molecule has 3 rings (SSSR count). The van der Waals surface area contributed by atoms with Gasteiger partial charge in [-0.2, -0.15) is 0 Å². The van der Waals surface area contributed by atoms with Crippen molar-refractivity contribution >= 4 is 5.91 Å². The first-order valence-corrected chi connectivity index (χ1v) is 7.58. The molecule has 1 aliphatic rings. The lowest BCUT2D eigenvalue weighted by molar-refractivity contribution is 0.0941. The van der Waals surface area contributed by atoms with Crippen LogP contribution in [0.3, 0.4) is 0 Å². The summed E-state index contributed by atoms with van der Waals surface area (Å²) in [5, 5.41) is 3.10. The van der Waals surface area contributed by atoms with Gasteiger partial charge in [-0.05, 0) is 50.8 Å². The first kappa shape index (κ1) is 13.9. The van der Waals surface area contributed by atoms with Gasteiger partial charge in [0.2, 0.25) is 0 Å². The van der Waals surface area contributed by atoms with Crippen LogP contribution in [0.1, 0.15) is 45.7 Å². The van der Waals surface area contributed by atoms with E-state index in [-0.39, 0.29) is 5.91 Å². The highest BCUT2D eigenvalue weighted by atomic mass is 16.2. The molecule has 1 amide bonds. The Hall–Kier alpha value is -2.03. The van der Waals surface area contributed by atoms with E-state index in [1.165, 1.54) is 11.1 Å². The third-order valence-corrected chi connectivity index (χ3v) is 4.05. The van der Waals surface area contributed by atoms with Crippen molar-refractivity contribution in [3.63, 3.8) is 0 Å². The van der Waals surface area contributed by atoms with Crippen LogP contribution in [0.15, 0.2) is 30.3 Å². The lowest BCUT2D eigenvalue weighted by atomic mass is 10.1. The maximum atomic E-state index is 12.5. The van der Waals surface area contributed by atoms with Crippen molar-refractivity contribution in [2.24, 2.45) is 0 Å². The Morgan fingerprint density at radius 1 is 1.24 bits per heavy atom. The molecule has 3 nitrogen and oxygen atoms in total. The Balaban J connectivity index is 1.91. The highest BCUT2D eigenvalue weighted by Gasteiger charge is 2.26. The Bertz CT molecular complexity index is 681. The van der Waals surface area contributed by atoms with E-state index in [1.54, 1.807) is 0 Å². The highest BCUT2D eigenvalue weighted by molar-refractivity contribution is 5.94. The molecule has 0 atom stereocenters. The molecule has 0 saturated heterocycles. The van der Waals surface area contributed by atoms with Crippen molar-refractivity contribution in [1.29, 1.82) is 0 Å². The molecular weight excluding hydrogens is 260 g/mol. The van der Waals surface area contributed by atoms with Crippen molar-refractivity contribution in [1.82, 2.24) is 9.88 Å². The minimum Gasteiger partial charge on any atom is -0.348 e. The number of carbonyl (C=O) groups excluding carboxylic acids is 1. The number of hydrogen-bond donors (Lipinski definition) is 1. The summed E-state index contributed by atoms with van der Waals surface area (Å²) in [5.41, 5.74) is 5.47. The zero-order valence-electron chi connectivity index (χ0n) is 12.9. The molecule has 1 saturated carbocycles. The summed E-state index contributed by atoms with van der Waals surface area (Å²) in [7, 11) is 0. The van der Waals surface area contributed by atoms with Crippen LogP contribution in [-0.4, -0.2) is 16.5 Å². The molecule has 1 aromatic heterocycles. The van der Waals surface area contributed by atoms with E-state index in [2.05, 4.69) is 54.1 Å². The van der Waals surface area contributed by atoms with Gasteiger partial charge in [-0.15, -0.1) is 0 Å². The molecule has 21 heavy (non-hydrogen) atoms. The normalized spacial score (nSPS) is 14.2. The van der Waals surface area contributed by atoms with Crippen LogP contribution < -0.4 is 5.32 Å². The number of aromatic nitrogens is 1. The van der Waals surface area contributed by atoms with Crippen molar-refractivity contribution < 1.29 is 4.79 Å². The van der Waals surface area contributed by atoms with Gasteiger partial charge < -0.3 is 9.88 Å². The van der Waals surface area contributed by atoms with Gasteiger partial charge in [0.1, 0.15) is 5.69 Å². The van der Waals surface area contributed by atoms with Gasteiger partial charge in [0.15, 0.2) is 0 Å². The number of amides is 1. The maximum absolute atomic E-state index is 12.5. The molecule has 110 valence electrons. The fraction of sp³-hybridized carbons (Fsp3) is 0.389. The minimum absolute atomic E-state index is 0.0655. The molecule has 1 aromatic carbocycles. The highest BCUT2D eigenvalue weighted by Crippen LogP contribution is 2.22. The third-order valence-electron chi connectivity index (χ3n) is 4.05. The Morgan fingerprint density at radius 2 is 2.00 bits per heavy atom. The van der Waals surface area contributed by atoms with E-state index < -0.39 is 0 Å². The minimum atomic E-state index is 0.0655.